The Morgan fingerprint density at radius 3 is 2.45 bits per heavy atom. The highest BCUT2D eigenvalue weighted by Crippen LogP contribution is 2.36. The van der Waals surface area contributed by atoms with E-state index in [1.165, 1.54) is 18.3 Å². The SMILES string of the molecule is CCN(CC)c1ccc(C(=O)C(C)S(=O)(=O)c2cc3c(N4CCNCC4)nccc3s2)cc1. The van der Waals surface area contributed by atoms with E-state index in [0.29, 0.717) is 5.56 Å². The fourth-order valence-corrected chi connectivity index (χ4v) is 7.17. The lowest BCUT2D eigenvalue weighted by molar-refractivity contribution is 0.0991. The average Bonchev–Trinajstić information content (AvgIpc) is 3.30. The molecular weight excluding hydrogens is 456 g/mol. The van der Waals surface area contributed by atoms with Gasteiger partial charge < -0.3 is 15.1 Å². The van der Waals surface area contributed by atoms with Crippen LogP contribution in [0.2, 0.25) is 0 Å². The molecule has 1 saturated heterocycles. The number of piperazine rings is 1. The van der Waals surface area contributed by atoms with Gasteiger partial charge in [0.15, 0.2) is 15.6 Å². The number of nitrogens with zero attached hydrogens (tertiary/aromatic N) is 3. The van der Waals surface area contributed by atoms with Crippen molar-refractivity contribution in [3.63, 3.8) is 0 Å². The quantitative estimate of drug-likeness (QED) is 0.487. The van der Waals surface area contributed by atoms with Crippen molar-refractivity contribution in [1.29, 1.82) is 0 Å². The molecule has 7 nitrogen and oxygen atoms in total. The van der Waals surface area contributed by atoms with Crippen molar-refractivity contribution in [3.05, 3.63) is 48.2 Å². The number of thiophene rings is 1. The number of rotatable bonds is 8. The zero-order valence-corrected chi connectivity index (χ0v) is 20.9. The molecule has 1 unspecified atom stereocenters. The topological polar surface area (TPSA) is 82.6 Å². The molecule has 1 aromatic carbocycles. The fraction of sp³-hybridized carbons (Fsp3) is 0.417. The minimum Gasteiger partial charge on any atom is -0.372 e. The van der Waals surface area contributed by atoms with Crippen LogP contribution in [0.15, 0.2) is 46.8 Å². The van der Waals surface area contributed by atoms with Crippen molar-refractivity contribution in [2.75, 3.05) is 49.1 Å². The first-order chi connectivity index (χ1) is 15.9. The average molecular weight is 487 g/mol. The third-order valence-corrected chi connectivity index (χ3v) is 9.88. The molecule has 0 saturated carbocycles. The minimum atomic E-state index is -3.83. The number of anilines is 2. The van der Waals surface area contributed by atoms with Crippen molar-refractivity contribution in [2.45, 2.75) is 30.2 Å². The van der Waals surface area contributed by atoms with Crippen molar-refractivity contribution in [1.82, 2.24) is 10.3 Å². The maximum atomic E-state index is 13.4. The predicted octanol–water partition coefficient (Wildman–Crippen LogP) is 3.60. The number of hydrogen-bond acceptors (Lipinski definition) is 8. The molecule has 33 heavy (non-hydrogen) atoms. The van der Waals surface area contributed by atoms with E-state index in [0.717, 1.165) is 60.9 Å². The summed E-state index contributed by atoms with van der Waals surface area (Å²) in [6.45, 7) is 10.7. The summed E-state index contributed by atoms with van der Waals surface area (Å²) >= 11 is 1.21. The molecule has 9 heteroatoms. The number of fused-ring (bicyclic) bond motifs is 1. The van der Waals surface area contributed by atoms with Gasteiger partial charge in [-0.2, -0.15) is 0 Å². The molecule has 0 spiro atoms. The Morgan fingerprint density at radius 2 is 1.82 bits per heavy atom. The minimum absolute atomic E-state index is 0.211. The number of ketones is 1. The number of aromatic nitrogens is 1. The van der Waals surface area contributed by atoms with Gasteiger partial charge in [0.25, 0.3) is 0 Å². The lowest BCUT2D eigenvalue weighted by atomic mass is 10.1. The first-order valence-corrected chi connectivity index (χ1v) is 13.7. The third-order valence-electron chi connectivity index (χ3n) is 6.21. The largest absolute Gasteiger partial charge is 0.372 e. The Balaban J connectivity index is 1.61. The van der Waals surface area contributed by atoms with Crippen LogP contribution in [-0.4, -0.2) is 63.7 Å². The van der Waals surface area contributed by atoms with Gasteiger partial charge in [-0.05, 0) is 57.2 Å². The third kappa shape index (κ3) is 4.62. The van der Waals surface area contributed by atoms with Crippen LogP contribution >= 0.6 is 11.3 Å². The maximum absolute atomic E-state index is 13.4. The van der Waals surface area contributed by atoms with Crippen LogP contribution in [0.3, 0.4) is 0 Å². The number of hydrogen-bond donors (Lipinski definition) is 1. The molecule has 1 aliphatic rings. The molecule has 1 atom stereocenters. The number of carbonyl (C=O) groups is 1. The molecule has 0 radical (unpaired) electrons. The summed E-state index contributed by atoms with van der Waals surface area (Å²) in [5.74, 6) is 0.414. The summed E-state index contributed by atoms with van der Waals surface area (Å²) in [7, 11) is -3.83. The molecule has 0 amide bonds. The van der Waals surface area contributed by atoms with Crippen LogP contribution in [0, 0.1) is 0 Å². The van der Waals surface area contributed by atoms with E-state index in [1.54, 1.807) is 24.4 Å². The van der Waals surface area contributed by atoms with Gasteiger partial charge in [-0.15, -0.1) is 11.3 Å². The van der Waals surface area contributed by atoms with E-state index in [2.05, 4.69) is 33.9 Å². The maximum Gasteiger partial charge on any atom is 0.197 e. The smallest absolute Gasteiger partial charge is 0.197 e. The van der Waals surface area contributed by atoms with Crippen molar-refractivity contribution >= 4 is 48.5 Å². The number of pyridine rings is 1. The Bertz CT molecular complexity index is 1230. The lowest BCUT2D eigenvalue weighted by Gasteiger charge is -2.28. The normalized spacial score (nSPS) is 15.5. The molecule has 1 N–H and O–H groups in total. The Labute approximate surface area is 199 Å². The first kappa shape index (κ1) is 23.7. The summed E-state index contributed by atoms with van der Waals surface area (Å²) < 4.78 is 27.9. The van der Waals surface area contributed by atoms with Gasteiger partial charge >= 0.3 is 0 Å². The molecule has 4 rings (SSSR count). The molecular formula is C24H30N4O3S2. The van der Waals surface area contributed by atoms with Crippen molar-refractivity contribution < 1.29 is 13.2 Å². The standard InChI is InChI=1S/C24H30N4O3S2/c1-4-27(5-2)19-8-6-18(7-9-19)23(29)17(3)33(30,31)22-16-20-21(32-22)10-11-26-24(20)28-14-12-25-13-15-28/h6-11,16-17,25H,4-5,12-15H2,1-3H3. The van der Waals surface area contributed by atoms with Gasteiger partial charge in [0, 0.05) is 66.8 Å². The van der Waals surface area contributed by atoms with Crippen LogP contribution in [0.4, 0.5) is 11.5 Å². The second-order valence-electron chi connectivity index (χ2n) is 8.12. The summed E-state index contributed by atoms with van der Waals surface area (Å²) in [6, 6.07) is 10.7. The van der Waals surface area contributed by atoms with Gasteiger partial charge in [-0.1, -0.05) is 0 Å². The molecule has 3 heterocycles. The predicted molar refractivity (Wildman–Crippen MR) is 136 cm³/mol. The highest BCUT2D eigenvalue weighted by molar-refractivity contribution is 7.95. The fourth-order valence-electron chi connectivity index (χ4n) is 4.17. The van der Waals surface area contributed by atoms with Gasteiger partial charge in [-0.3, -0.25) is 4.79 Å². The van der Waals surface area contributed by atoms with Crippen LogP contribution in [-0.2, 0) is 9.84 Å². The van der Waals surface area contributed by atoms with Gasteiger partial charge in [0.1, 0.15) is 15.3 Å². The Kier molecular flexibility index (Phi) is 7.02. The number of nitrogens with one attached hydrogen (secondary N) is 1. The summed E-state index contributed by atoms with van der Waals surface area (Å²) in [4.78, 5) is 22.0. The van der Waals surface area contributed by atoms with E-state index in [4.69, 9.17) is 0 Å². The molecule has 0 aliphatic carbocycles. The van der Waals surface area contributed by atoms with E-state index in [9.17, 15) is 13.2 Å². The number of carbonyl (C=O) groups excluding carboxylic acids is 1. The number of benzene rings is 1. The van der Waals surface area contributed by atoms with E-state index in [-0.39, 0.29) is 9.99 Å². The van der Waals surface area contributed by atoms with Crippen LogP contribution in [0.1, 0.15) is 31.1 Å². The van der Waals surface area contributed by atoms with Gasteiger partial charge in [-0.25, -0.2) is 13.4 Å². The summed E-state index contributed by atoms with van der Waals surface area (Å²) in [5.41, 5.74) is 1.43. The van der Waals surface area contributed by atoms with Gasteiger partial charge in [0.05, 0.1) is 0 Å². The van der Waals surface area contributed by atoms with E-state index >= 15 is 0 Å². The molecule has 1 fully saturated rings. The van der Waals surface area contributed by atoms with Gasteiger partial charge in [0.2, 0.25) is 0 Å². The number of sulfone groups is 1. The van der Waals surface area contributed by atoms with Crippen LogP contribution in [0.5, 0.6) is 0 Å². The molecule has 1 aliphatic heterocycles. The monoisotopic (exact) mass is 486 g/mol. The zero-order chi connectivity index (χ0) is 23.6. The van der Waals surface area contributed by atoms with Crippen molar-refractivity contribution in [2.24, 2.45) is 0 Å². The van der Waals surface area contributed by atoms with Crippen molar-refractivity contribution in [3.8, 4) is 0 Å². The second-order valence-corrected chi connectivity index (χ2v) is 11.7. The van der Waals surface area contributed by atoms with Crippen LogP contribution < -0.4 is 15.1 Å². The van der Waals surface area contributed by atoms with E-state index < -0.39 is 15.1 Å². The molecule has 2 aromatic heterocycles. The Hall–Kier alpha value is -2.49. The zero-order valence-electron chi connectivity index (χ0n) is 19.2. The molecule has 3 aromatic rings. The highest BCUT2D eigenvalue weighted by atomic mass is 32.2. The van der Waals surface area contributed by atoms with Crippen LogP contribution in [0.25, 0.3) is 10.1 Å². The van der Waals surface area contributed by atoms with E-state index in [1.807, 2.05) is 18.2 Å². The number of Topliss-reactive ketones (excluding diaryl/α,β-unsaturated/α-hetero) is 1. The highest BCUT2D eigenvalue weighted by Gasteiger charge is 2.32. The lowest BCUT2D eigenvalue weighted by Crippen LogP contribution is -2.43. The first-order valence-electron chi connectivity index (χ1n) is 11.3. The summed E-state index contributed by atoms with van der Waals surface area (Å²) in [5, 5.41) is 2.98. The second kappa shape index (κ2) is 9.79. The Morgan fingerprint density at radius 1 is 1.15 bits per heavy atom. The molecule has 0 bridgehead atoms. The molecule has 176 valence electrons. The summed E-state index contributed by atoms with van der Waals surface area (Å²) in [6.07, 6.45) is 1.72.